The molecule has 0 aliphatic heterocycles. The third-order valence-electron chi connectivity index (χ3n) is 4.63. The van der Waals surface area contributed by atoms with Crippen LogP contribution in [0.4, 0.5) is 4.79 Å². The van der Waals surface area contributed by atoms with Crippen molar-refractivity contribution in [1.82, 2.24) is 10.6 Å². The Morgan fingerprint density at radius 2 is 1.34 bits per heavy atom. The zero-order valence-corrected chi connectivity index (χ0v) is 22.5. The highest BCUT2D eigenvalue weighted by Crippen LogP contribution is 2.15. The van der Waals surface area contributed by atoms with Crippen molar-refractivity contribution in [2.24, 2.45) is 17.8 Å². The quantitative estimate of drug-likeness (QED) is 0.269. The topological polar surface area (TPSA) is 157 Å². The Hall–Kier alpha value is -2.85. The normalized spacial score (nSPS) is 15.1. The minimum absolute atomic E-state index is 0.0468. The van der Waals surface area contributed by atoms with Gasteiger partial charge in [-0.15, -0.1) is 0 Å². The zero-order chi connectivity index (χ0) is 27.7. The van der Waals surface area contributed by atoms with E-state index in [0.29, 0.717) is 0 Å². The predicted octanol–water partition coefficient (Wildman–Crippen LogP) is 2.65. The van der Waals surface area contributed by atoms with Crippen LogP contribution in [0, 0.1) is 17.8 Å². The molecule has 0 saturated carbocycles. The number of carboxylic acids is 1. The number of carbonyl (C=O) groups excluding carboxylic acids is 4. The van der Waals surface area contributed by atoms with Gasteiger partial charge in [-0.05, 0) is 46.0 Å². The van der Waals surface area contributed by atoms with Crippen LogP contribution in [0.25, 0.3) is 0 Å². The summed E-state index contributed by atoms with van der Waals surface area (Å²) < 4.78 is 15.7. The highest BCUT2D eigenvalue weighted by molar-refractivity contribution is 5.90. The molecule has 0 saturated heterocycles. The molecule has 11 nitrogen and oxygen atoms in total. The first kappa shape index (κ1) is 32.1. The molecule has 0 heterocycles. The van der Waals surface area contributed by atoms with E-state index >= 15 is 0 Å². The molecule has 0 spiro atoms. The first-order valence-corrected chi connectivity index (χ1v) is 11.8. The van der Waals surface area contributed by atoms with E-state index in [2.05, 4.69) is 10.6 Å². The average Bonchev–Trinajstić information content (AvgIpc) is 2.66. The van der Waals surface area contributed by atoms with Gasteiger partial charge in [-0.1, -0.05) is 41.5 Å². The van der Waals surface area contributed by atoms with Gasteiger partial charge in [0.1, 0.15) is 17.7 Å². The number of carboxylic acid groups (broad SMARTS) is 1. The number of aliphatic carboxylic acids is 1. The number of alkyl carbamates (subject to hydrolysis) is 1. The molecule has 0 bridgehead atoms. The maximum Gasteiger partial charge on any atom is 0.408 e. The smallest absolute Gasteiger partial charge is 0.408 e. The average molecular weight is 503 g/mol. The van der Waals surface area contributed by atoms with Crippen LogP contribution in [0.2, 0.25) is 0 Å². The second-order valence-electron chi connectivity index (χ2n) is 10.6. The molecule has 202 valence electrons. The Bertz CT molecular complexity index is 757. The number of amides is 2. The van der Waals surface area contributed by atoms with Gasteiger partial charge in [0.15, 0.2) is 6.10 Å². The fraction of sp³-hybridized carbons (Fsp3) is 0.792. The van der Waals surface area contributed by atoms with Crippen LogP contribution < -0.4 is 10.6 Å². The van der Waals surface area contributed by atoms with Gasteiger partial charge >= 0.3 is 24.0 Å². The van der Waals surface area contributed by atoms with Crippen molar-refractivity contribution in [2.45, 2.75) is 106 Å². The van der Waals surface area contributed by atoms with Gasteiger partial charge in [0.2, 0.25) is 6.10 Å². The molecule has 35 heavy (non-hydrogen) atoms. The van der Waals surface area contributed by atoms with Crippen molar-refractivity contribution >= 4 is 29.9 Å². The molecule has 0 rings (SSSR count). The van der Waals surface area contributed by atoms with E-state index in [-0.39, 0.29) is 18.3 Å². The van der Waals surface area contributed by atoms with E-state index in [4.69, 9.17) is 14.2 Å². The molecule has 0 aliphatic rings. The van der Waals surface area contributed by atoms with Crippen molar-refractivity contribution in [3.63, 3.8) is 0 Å². The van der Waals surface area contributed by atoms with Crippen LogP contribution in [0.15, 0.2) is 0 Å². The van der Waals surface area contributed by atoms with Gasteiger partial charge in [-0.25, -0.2) is 19.2 Å². The van der Waals surface area contributed by atoms with Gasteiger partial charge in [0.05, 0.1) is 0 Å². The first-order chi connectivity index (χ1) is 15.8. The van der Waals surface area contributed by atoms with Gasteiger partial charge in [0.25, 0.3) is 5.91 Å². The summed E-state index contributed by atoms with van der Waals surface area (Å²) in [6.45, 7) is 16.6. The summed E-state index contributed by atoms with van der Waals surface area (Å²) in [6, 6.07) is -2.26. The molecular formula is C24H42N2O9. The minimum Gasteiger partial charge on any atom is -0.478 e. The molecule has 11 heteroatoms. The van der Waals surface area contributed by atoms with E-state index in [1.165, 1.54) is 6.92 Å². The summed E-state index contributed by atoms with van der Waals surface area (Å²) in [5.74, 6) is -4.68. The van der Waals surface area contributed by atoms with Crippen molar-refractivity contribution in [1.29, 1.82) is 0 Å². The zero-order valence-electron chi connectivity index (χ0n) is 22.5. The van der Waals surface area contributed by atoms with Crippen molar-refractivity contribution in [3.05, 3.63) is 0 Å². The molecular weight excluding hydrogens is 460 g/mol. The third kappa shape index (κ3) is 12.4. The number of hydrogen-bond donors (Lipinski definition) is 3. The van der Waals surface area contributed by atoms with Crippen LogP contribution in [-0.4, -0.2) is 64.9 Å². The molecule has 0 radical (unpaired) electrons. The number of nitrogens with one attached hydrogen (secondary N) is 2. The van der Waals surface area contributed by atoms with Gasteiger partial charge in [0, 0.05) is 5.92 Å². The lowest BCUT2D eigenvalue weighted by Crippen LogP contribution is -2.51. The van der Waals surface area contributed by atoms with Crippen LogP contribution >= 0.6 is 0 Å². The van der Waals surface area contributed by atoms with Gasteiger partial charge < -0.3 is 30.0 Å². The summed E-state index contributed by atoms with van der Waals surface area (Å²) in [4.78, 5) is 61.5. The lowest BCUT2D eigenvalue weighted by molar-refractivity contribution is -0.169. The number of ether oxygens (including phenoxy) is 3. The molecule has 0 unspecified atom stereocenters. The number of esters is 2. The number of rotatable bonds is 12. The molecule has 4 atom stereocenters. The summed E-state index contributed by atoms with van der Waals surface area (Å²) in [7, 11) is 0. The Morgan fingerprint density at radius 3 is 1.74 bits per heavy atom. The Morgan fingerprint density at radius 1 is 0.800 bits per heavy atom. The lowest BCUT2D eigenvalue weighted by atomic mass is 10.0. The molecule has 0 aromatic heterocycles. The summed E-state index contributed by atoms with van der Waals surface area (Å²) >= 11 is 0. The molecule has 2 amide bonds. The first-order valence-electron chi connectivity index (χ1n) is 11.8. The molecule has 0 fully saturated rings. The fourth-order valence-corrected chi connectivity index (χ4v) is 2.85. The second-order valence-corrected chi connectivity index (χ2v) is 10.6. The van der Waals surface area contributed by atoms with Crippen LogP contribution in [0.3, 0.4) is 0 Å². The number of hydrogen-bond acceptors (Lipinski definition) is 8. The van der Waals surface area contributed by atoms with E-state index in [9.17, 15) is 29.1 Å². The fourth-order valence-electron chi connectivity index (χ4n) is 2.85. The van der Waals surface area contributed by atoms with Crippen LogP contribution in [-0.2, 0) is 33.4 Å². The minimum atomic E-state index is -1.36. The molecule has 3 N–H and O–H groups in total. The summed E-state index contributed by atoms with van der Waals surface area (Å²) in [5, 5.41) is 14.1. The largest absolute Gasteiger partial charge is 0.478 e. The monoisotopic (exact) mass is 502 g/mol. The van der Waals surface area contributed by atoms with E-state index in [0.717, 1.165) is 0 Å². The molecule has 0 aliphatic carbocycles. The van der Waals surface area contributed by atoms with Crippen molar-refractivity contribution in [3.8, 4) is 0 Å². The predicted molar refractivity (Wildman–Crippen MR) is 127 cm³/mol. The van der Waals surface area contributed by atoms with Crippen LogP contribution in [0.5, 0.6) is 0 Å². The Balaban J connectivity index is 5.41. The highest BCUT2D eigenvalue weighted by atomic mass is 16.6. The van der Waals surface area contributed by atoms with Crippen LogP contribution in [0.1, 0.15) is 75.7 Å². The maximum atomic E-state index is 12.9. The Kier molecular flexibility index (Phi) is 12.8. The molecule has 0 aromatic carbocycles. The summed E-state index contributed by atoms with van der Waals surface area (Å²) in [5.41, 5.74) is -0.768. The van der Waals surface area contributed by atoms with Gasteiger partial charge in [-0.2, -0.15) is 0 Å². The Labute approximate surface area is 207 Å². The van der Waals surface area contributed by atoms with Crippen molar-refractivity contribution in [2.75, 3.05) is 0 Å². The standard InChI is InChI=1S/C24H42N2O9/c1-12(2)11-16(19(27)25-15(7)21(30)34-18(14(5)6)20(28)29)33-22(31)17(13(3)4)26-23(32)35-24(8,9)10/h12-18H,11H2,1-10H3,(H,25,27)(H,26,32)(H,28,29)/t15-,16-,17+,18+/m1/s1. The maximum absolute atomic E-state index is 12.9. The van der Waals surface area contributed by atoms with Gasteiger partial charge in [-0.3, -0.25) is 4.79 Å². The van der Waals surface area contributed by atoms with Crippen molar-refractivity contribution < 1.29 is 43.3 Å². The summed E-state index contributed by atoms with van der Waals surface area (Å²) in [6.07, 6.45) is -3.26. The third-order valence-corrected chi connectivity index (χ3v) is 4.63. The molecule has 0 aromatic rings. The second kappa shape index (κ2) is 13.9. The lowest BCUT2D eigenvalue weighted by Gasteiger charge is -2.27. The van der Waals surface area contributed by atoms with E-state index in [1.54, 1.807) is 48.5 Å². The highest BCUT2D eigenvalue weighted by Gasteiger charge is 2.34. The van der Waals surface area contributed by atoms with E-state index < -0.39 is 65.7 Å². The number of carbonyl (C=O) groups is 5. The SMILES string of the molecule is CC(C)C[C@@H](OC(=O)[C@@H](NC(=O)OC(C)(C)C)C(C)C)C(=O)N[C@H](C)C(=O)O[C@H](C(=O)O)C(C)C. The van der Waals surface area contributed by atoms with E-state index in [1.807, 2.05) is 13.8 Å².